The Kier molecular flexibility index (Phi) is 15.5. The van der Waals surface area contributed by atoms with Crippen molar-refractivity contribution in [2.75, 3.05) is 48.6 Å². The molecule has 6 aromatic rings. The number of hydrogen-bond donors (Lipinski definition) is 6. The van der Waals surface area contributed by atoms with Gasteiger partial charge in [-0.1, -0.05) is 38.1 Å². The number of anilines is 5. The number of sulfone groups is 1. The molecular weight excluding hydrogens is 961 g/mol. The fourth-order valence-corrected chi connectivity index (χ4v) is 8.32. The molecule has 0 radical (unpaired) electrons. The predicted octanol–water partition coefficient (Wildman–Crippen LogP) is 7.11. The number of benzene rings is 4. The molecule has 6 amide bonds. The largest absolute Gasteiger partial charge is 0.355 e. The molecule has 4 aromatic carbocycles. The number of aryl methyl sites for hydroxylation is 2. The molecule has 2 aliphatic heterocycles. The van der Waals surface area contributed by atoms with E-state index >= 15 is 0 Å². The van der Waals surface area contributed by atoms with Crippen LogP contribution in [0.1, 0.15) is 63.2 Å². The van der Waals surface area contributed by atoms with Gasteiger partial charge in [-0.05, 0) is 86.5 Å². The summed E-state index contributed by atoms with van der Waals surface area (Å²) in [7, 11) is -0.994. The molecular formula is C49H50F4N12O6S. The van der Waals surface area contributed by atoms with Crippen molar-refractivity contribution >= 4 is 62.7 Å². The number of nitrogens with zero attached hydrogens (tertiary/aromatic N) is 6. The average molecular weight is 1010 g/mol. The highest BCUT2D eigenvalue weighted by Crippen LogP contribution is 2.41. The Hall–Kier alpha value is -8.05. The van der Waals surface area contributed by atoms with E-state index in [1.165, 1.54) is 19.2 Å². The molecule has 0 spiro atoms. The van der Waals surface area contributed by atoms with Gasteiger partial charge in [0.15, 0.2) is 11.6 Å². The lowest BCUT2D eigenvalue weighted by Crippen LogP contribution is -2.43. The van der Waals surface area contributed by atoms with Gasteiger partial charge in [-0.15, -0.1) is 0 Å². The maximum Gasteiger partial charge on any atom is 0.328 e. The Bertz CT molecular complexity index is 3210. The third-order valence-corrected chi connectivity index (χ3v) is 12.3. The number of fused-ring (bicyclic) bond motifs is 2. The number of amides is 6. The first-order chi connectivity index (χ1) is 34.2. The molecule has 8 rings (SSSR count). The molecule has 18 nitrogen and oxygen atoms in total. The molecule has 0 saturated heterocycles. The molecule has 0 aliphatic carbocycles. The number of para-hydroxylation sites is 2. The van der Waals surface area contributed by atoms with E-state index in [2.05, 4.69) is 60.7 Å². The van der Waals surface area contributed by atoms with E-state index in [1.807, 2.05) is 6.92 Å². The van der Waals surface area contributed by atoms with Crippen molar-refractivity contribution in [3.05, 3.63) is 129 Å². The highest BCUT2D eigenvalue weighted by Gasteiger charge is 2.37. The van der Waals surface area contributed by atoms with Crippen LogP contribution in [0.15, 0.2) is 78.0 Å². The summed E-state index contributed by atoms with van der Waals surface area (Å²) in [5, 5.41) is 16.2. The molecule has 0 atom stereocenters. The van der Waals surface area contributed by atoms with Crippen molar-refractivity contribution < 1.29 is 45.2 Å². The van der Waals surface area contributed by atoms with E-state index in [1.54, 1.807) is 44.3 Å². The van der Waals surface area contributed by atoms with Gasteiger partial charge in [0.1, 0.15) is 34.6 Å². The van der Waals surface area contributed by atoms with Gasteiger partial charge < -0.3 is 31.9 Å². The van der Waals surface area contributed by atoms with Crippen LogP contribution in [-0.2, 0) is 22.9 Å². The minimum absolute atomic E-state index is 0.0400. The van der Waals surface area contributed by atoms with Crippen LogP contribution in [0.25, 0.3) is 22.5 Å². The molecule has 0 fully saturated rings. The number of rotatable bonds is 13. The van der Waals surface area contributed by atoms with Gasteiger partial charge in [-0.2, -0.15) is 9.97 Å². The van der Waals surface area contributed by atoms with Crippen molar-refractivity contribution in [2.24, 2.45) is 0 Å². The molecule has 0 unspecified atom stereocenters. The topological polar surface area (TPSA) is 233 Å². The van der Waals surface area contributed by atoms with E-state index in [4.69, 9.17) is 4.98 Å². The van der Waals surface area contributed by atoms with E-state index in [9.17, 15) is 45.2 Å². The van der Waals surface area contributed by atoms with Gasteiger partial charge in [0, 0.05) is 66.3 Å². The van der Waals surface area contributed by atoms with Gasteiger partial charge in [-0.3, -0.25) is 9.59 Å². The zero-order chi connectivity index (χ0) is 52.2. The number of hydrogen-bond acceptors (Lipinski definition) is 12. The smallest absolute Gasteiger partial charge is 0.328 e. The number of urea groups is 2. The summed E-state index contributed by atoms with van der Waals surface area (Å²) in [6.45, 7) is 8.92. The Morgan fingerprint density at radius 2 is 1.11 bits per heavy atom. The zero-order valence-corrected chi connectivity index (χ0v) is 40.9. The second-order valence-electron chi connectivity index (χ2n) is 16.9. The molecule has 376 valence electrons. The van der Waals surface area contributed by atoms with Gasteiger partial charge in [0.25, 0.3) is 11.8 Å². The van der Waals surface area contributed by atoms with Gasteiger partial charge in [0.05, 0.1) is 24.5 Å². The second-order valence-corrected chi connectivity index (χ2v) is 18.8. The first-order valence-corrected chi connectivity index (χ1v) is 24.3. The minimum atomic E-state index is -4.00. The number of carbonyl (C=O) groups is 4. The third kappa shape index (κ3) is 10.8. The van der Waals surface area contributed by atoms with Crippen LogP contribution >= 0.6 is 0 Å². The first kappa shape index (κ1) is 51.8. The van der Waals surface area contributed by atoms with E-state index in [0.29, 0.717) is 51.0 Å². The van der Waals surface area contributed by atoms with E-state index in [0.717, 1.165) is 60.0 Å². The molecule has 0 saturated carbocycles. The quantitative estimate of drug-likeness (QED) is 0.0386. The lowest BCUT2D eigenvalue weighted by Gasteiger charge is -2.31. The van der Waals surface area contributed by atoms with Crippen molar-refractivity contribution in [3.8, 4) is 22.5 Å². The van der Waals surface area contributed by atoms with Crippen LogP contribution in [0.4, 0.5) is 56.1 Å². The van der Waals surface area contributed by atoms with Crippen molar-refractivity contribution in [2.45, 2.75) is 58.4 Å². The standard InChI is InChI=1S/C27H31F2N7O2.C22H19F2N5O4S/c1-15(2)31-11-6-12-32-26-34-22(18-13-17(25(37)30-4)10-9-16(18)3)19-14-33-27(38)36(24(19)35-26)23-20(28)7-5-8-21(23)29;1-11-7-8-12(20(30)25-2)9-13(11)17-14-10-26-22(31)29(18-15(23)5-4-6-16(18)24)19(14)28-21(27-17)34(3,32)33/h5,7-10,13,15,31H,6,11-12,14H2,1-4H3,(H,30,37)(H,33,38)(H,32,34,35);4-9H,10H2,1-3H3,(H,25,30)(H,26,31). The van der Waals surface area contributed by atoms with E-state index in [-0.39, 0.29) is 59.3 Å². The van der Waals surface area contributed by atoms with Gasteiger partial charge >= 0.3 is 12.1 Å². The average Bonchev–Trinajstić information content (AvgIpc) is 3.34. The normalized spacial score (nSPS) is 13.1. The van der Waals surface area contributed by atoms with Crippen LogP contribution in [0, 0.1) is 37.1 Å². The summed E-state index contributed by atoms with van der Waals surface area (Å²) in [6.07, 6.45) is 1.65. The minimum Gasteiger partial charge on any atom is -0.355 e. The monoisotopic (exact) mass is 1010 g/mol. The van der Waals surface area contributed by atoms with Crippen LogP contribution in [0.2, 0.25) is 0 Å². The first-order valence-electron chi connectivity index (χ1n) is 22.4. The molecule has 23 heteroatoms. The van der Waals surface area contributed by atoms with Crippen LogP contribution in [0.5, 0.6) is 0 Å². The lowest BCUT2D eigenvalue weighted by atomic mass is 9.97. The molecule has 6 N–H and O–H groups in total. The number of halogens is 4. The van der Waals surface area contributed by atoms with Crippen molar-refractivity contribution in [3.63, 3.8) is 0 Å². The summed E-state index contributed by atoms with van der Waals surface area (Å²) in [4.78, 5) is 69.3. The lowest BCUT2D eigenvalue weighted by molar-refractivity contribution is 0.0955. The summed E-state index contributed by atoms with van der Waals surface area (Å²) in [5.41, 5.74) is 3.23. The Balaban J connectivity index is 0.000000213. The fourth-order valence-electron chi connectivity index (χ4n) is 7.81. The van der Waals surface area contributed by atoms with Gasteiger partial charge in [0.2, 0.25) is 20.9 Å². The number of carbonyl (C=O) groups excluding carboxylic acids is 4. The predicted molar refractivity (Wildman–Crippen MR) is 262 cm³/mol. The van der Waals surface area contributed by atoms with Crippen LogP contribution in [0.3, 0.4) is 0 Å². The summed E-state index contributed by atoms with van der Waals surface area (Å²) in [6, 6.07) is 15.2. The Morgan fingerprint density at radius 3 is 1.54 bits per heavy atom. The Morgan fingerprint density at radius 1 is 0.667 bits per heavy atom. The molecule has 2 aromatic heterocycles. The molecule has 2 aliphatic rings. The molecule has 72 heavy (non-hydrogen) atoms. The third-order valence-electron chi connectivity index (χ3n) is 11.4. The number of aromatic nitrogens is 4. The highest BCUT2D eigenvalue weighted by molar-refractivity contribution is 7.90. The Labute approximate surface area is 412 Å². The van der Waals surface area contributed by atoms with Crippen molar-refractivity contribution in [1.82, 2.24) is 46.5 Å². The maximum atomic E-state index is 14.9. The summed E-state index contributed by atoms with van der Waals surface area (Å²) < 4.78 is 83.8. The SMILES string of the molecule is CNC(=O)c1ccc(C)c(-c2nc(NCCCNC(C)C)nc3c2CNC(=O)N3c2c(F)cccc2F)c1.CNC(=O)c1ccc(C)c(-c2nc(S(C)(=O)=O)nc3c2CNC(=O)N3c2c(F)cccc2F)c1. The van der Waals surface area contributed by atoms with E-state index < -0.39 is 61.7 Å². The number of nitrogens with one attached hydrogen (secondary N) is 6. The highest BCUT2D eigenvalue weighted by atomic mass is 32.2. The fraction of sp³-hybridized carbons (Fsp3) is 0.265. The van der Waals surface area contributed by atoms with Crippen LogP contribution in [-0.4, -0.2) is 91.7 Å². The summed E-state index contributed by atoms with van der Waals surface area (Å²) >= 11 is 0. The van der Waals surface area contributed by atoms with Crippen molar-refractivity contribution in [1.29, 1.82) is 0 Å². The molecule has 0 bridgehead atoms. The second kappa shape index (κ2) is 21.5. The van der Waals surface area contributed by atoms with Crippen LogP contribution < -0.4 is 41.7 Å². The molecule has 4 heterocycles. The summed E-state index contributed by atoms with van der Waals surface area (Å²) in [5.74, 6) is -4.55. The van der Waals surface area contributed by atoms with Gasteiger partial charge in [-0.25, -0.2) is 55.3 Å². The maximum absolute atomic E-state index is 14.9. The zero-order valence-electron chi connectivity index (χ0n) is 40.1.